The molecule has 1 aliphatic heterocycles. The molecule has 7 nitrogen and oxygen atoms in total. The fourth-order valence-electron chi connectivity index (χ4n) is 2.02. The maximum atomic E-state index is 12.3. The molecular weight excluding hydrogens is 248 g/mol. The summed E-state index contributed by atoms with van der Waals surface area (Å²) >= 11 is 0. The number of carbonyl (C=O) groups is 2. The van der Waals surface area contributed by atoms with Gasteiger partial charge in [0.1, 0.15) is 0 Å². The van der Waals surface area contributed by atoms with Crippen LogP contribution < -0.4 is 5.73 Å². The molecular formula is C12H18N4O3. The first-order chi connectivity index (χ1) is 8.96. The Hall–Kier alpha value is -1.89. The van der Waals surface area contributed by atoms with E-state index in [1.54, 1.807) is 22.7 Å². The topological polar surface area (TPSA) is 90.5 Å². The van der Waals surface area contributed by atoms with E-state index >= 15 is 0 Å². The van der Waals surface area contributed by atoms with Crippen molar-refractivity contribution in [1.82, 2.24) is 14.7 Å². The normalized spacial score (nSPS) is 23.4. The van der Waals surface area contributed by atoms with E-state index in [0.29, 0.717) is 25.3 Å². The van der Waals surface area contributed by atoms with Crippen LogP contribution in [0.5, 0.6) is 0 Å². The zero-order valence-corrected chi connectivity index (χ0v) is 11.1. The summed E-state index contributed by atoms with van der Waals surface area (Å²) in [6.07, 6.45) is 3.22. The van der Waals surface area contributed by atoms with E-state index in [-0.39, 0.29) is 12.5 Å². The summed E-state index contributed by atoms with van der Waals surface area (Å²) in [6, 6.07) is 0. The number of carbonyl (C=O) groups excluding carboxylic acids is 2. The Morgan fingerprint density at radius 1 is 1.58 bits per heavy atom. The predicted molar refractivity (Wildman–Crippen MR) is 67.4 cm³/mol. The highest BCUT2D eigenvalue weighted by Gasteiger charge is 2.39. The highest BCUT2D eigenvalue weighted by atomic mass is 16.5. The number of primary amides is 1. The molecule has 0 bridgehead atoms. The van der Waals surface area contributed by atoms with E-state index in [0.717, 1.165) is 0 Å². The Labute approximate surface area is 111 Å². The number of nitrogens with zero attached hydrogens (tertiary/aromatic N) is 3. The van der Waals surface area contributed by atoms with Gasteiger partial charge in [-0.15, -0.1) is 0 Å². The van der Waals surface area contributed by atoms with Gasteiger partial charge in [-0.25, -0.2) is 0 Å². The van der Waals surface area contributed by atoms with Crippen molar-refractivity contribution in [3.8, 4) is 0 Å². The SMILES string of the molecule is CCn1cc(C(=O)N2CCO[C@@](C)(C(N)=O)C2)cn1. The molecule has 0 aromatic carbocycles. The molecule has 1 saturated heterocycles. The molecule has 7 heteroatoms. The lowest BCUT2D eigenvalue weighted by molar-refractivity contribution is -0.150. The first-order valence-corrected chi connectivity index (χ1v) is 6.22. The quantitative estimate of drug-likeness (QED) is 0.807. The molecule has 104 valence electrons. The smallest absolute Gasteiger partial charge is 0.257 e. The summed E-state index contributed by atoms with van der Waals surface area (Å²) in [4.78, 5) is 25.3. The lowest BCUT2D eigenvalue weighted by Crippen LogP contribution is -2.58. The third-order valence-electron chi connectivity index (χ3n) is 3.29. The molecule has 1 atom stereocenters. The molecule has 0 saturated carbocycles. The number of nitrogens with two attached hydrogens (primary N) is 1. The van der Waals surface area contributed by atoms with Gasteiger partial charge < -0.3 is 15.4 Å². The molecule has 0 radical (unpaired) electrons. The van der Waals surface area contributed by atoms with Gasteiger partial charge in [0.2, 0.25) is 0 Å². The molecule has 2 N–H and O–H groups in total. The largest absolute Gasteiger partial charge is 0.367 e. The number of hydrogen-bond donors (Lipinski definition) is 1. The van der Waals surface area contributed by atoms with E-state index < -0.39 is 11.5 Å². The van der Waals surface area contributed by atoms with Gasteiger partial charge in [0.05, 0.1) is 24.9 Å². The summed E-state index contributed by atoms with van der Waals surface area (Å²) in [5.41, 5.74) is 4.70. The third-order valence-corrected chi connectivity index (χ3v) is 3.29. The maximum absolute atomic E-state index is 12.3. The molecule has 1 fully saturated rings. The van der Waals surface area contributed by atoms with Crippen molar-refractivity contribution in [2.75, 3.05) is 19.7 Å². The molecule has 0 aliphatic carbocycles. The zero-order valence-electron chi connectivity index (χ0n) is 11.1. The van der Waals surface area contributed by atoms with Crippen molar-refractivity contribution < 1.29 is 14.3 Å². The van der Waals surface area contributed by atoms with Crippen LogP contribution in [0.2, 0.25) is 0 Å². The van der Waals surface area contributed by atoms with Gasteiger partial charge >= 0.3 is 0 Å². The fourth-order valence-corrected chi connectivity index (χ4v) is 2.02. The van der Waals surface area contributed by atoms with Crippen LogP contribution in [0.1, 0.15) is 24.2 Å². The monoisotopic (exact) mass is 266 g/mol. The number of aryl methyl sites for hydroxylation is 1. The van der Waals surface area contributed by atoms with E-state index in [1.807, 2.05) is 6.92 Å². The molecule has 1 aromatic heterocycles. The van der Waals surface area contributed by atoms with E-state index in [4.69, 9.17) is 10.5 Å². The number of rotatable bonds is 3. The van der Waals surface area contributed by atoms with E-state index in [2.05, 4.69) is 5.10 Å². The van der Waals surface area contributed by atoms with Crippen molar-refractivity contribution in [2.24, 2.45) is 5.73 Å². The molecule has 2 rings (SSSR count). The van der Waals surface area contributed by atoms with Crippen molar-refractivity contribution in [3.63, 3.8) is 0 Å². The van der Waals surface area contributed by atoms with Crippen molar-refractivity contribution in [3.05, 3.63) is 18.0 Å². The van der Waals surface area contributed by atoms with Gasteiger partial charge in [0.25, 0.3) is 11.8 Å². The second-order valence-corrected chi connectivity index (χ2v) is 4.75. The van der Waals surface area contributed by atoms with Crippen LogP contribution in [-0.2, 0) is 16.1 Å². The summed E-state index contributed by atoms with van der Waals surface area (Å²) in [6.45, 7) is 5.16. The number of amides is 2. The second-order valence-electron chi connectivity index (χ2n) is 4.75. The van der Waals surface area contributed by atoms with Crippen LogP contribution in [-0.4, -0.2) is 51.8 Å². The molecule has 2 amide bonds. The number of ether oxygens (including phenoxy) is 1. The minimum Gasteiger partial charge on any atom is -0.367 e. The molecule has 0 spiro atoms. The van der Waals surface area contributed by atoms with Crippen molar-refractivity contribution in [2.45, 2.75) is 26.0 Å². The Balaban J connectivity index is 2.13. The fraction of sp³-hybridized carbons (Fsp3) is 0.583. The van der Waals surface area contributed by atoms with Crippen LogP contribution >= 0.6 is 0 Å². The summed E-state index contributed by atoms with van der Waals surface area (Å²) in [7, 11) is 0. The van der Waals surface area contributed by atoms with Gasteiger partial charge in [-0.2, -0.15) is 5.10 Å². The number of hydrogen-bond acceptors (Lipinski definition) is 4. The van der Waals surface area contributed by atoms with Gasteiger partial charge in [0, 0.05) is 19.3 Å². The van der Waals surface area contributed by atoms with E-state index in [1.165, 1.54) is 6.20 Å². The molecule has 1 aromatic rings. The molecule has 0 unspecified atom stereocenters. The first kappa shape index (κ1) is 13.5. The molecule has 19 heavy (non-hydrogen) atoms. The minimum absolute atomic E-state index is 0.157. The van der Waals surface area contributed by atoms with Gasteiger partial charge in [-0.1, -0.05) is 0 Å². The minimum atomic E-state index is -1.12. The predicted octanol–water partition coefficient (Wildman–Crippen LogP) is -0.381. The molecule has 1 aliphatic rings. The average molecular weight is 266 g/mol. The van der Waals surface area contributed by atoms with Crippen LogP contribution in [0.3, 0.4) is 0 Å². The lowest BCUT2D eigenvalue weighted by Gasteiger charge is -2.38. The van der Waals surface area contributed by atoms with Gasteiger partial charge in [0.15, 0.2) is 5.60 Å². The Morgan fingerprint density at radius 3 is 2.89 bits per heavy atom. The van der Waals surface area contributed by atoms with Crippen LogP contribution in [0, 0.1) is 0 Å². The van der Waals surface area contributed by atoms with Crippen LogP contribution in [0.4, 0.5) is 0 Å². The Bertz CT molecular complexity index is 499. The standard InChI is InChI=1S/C12H18N4O3/c1-3-16-7-9(6-14-16)10(17)15-4-5-19-12(2,8-15)11(13)18/h6-7H,3-5,8H2,1-2H3,(H2,13,18)/t12-/m1/s1. The average Bonchev–Trinajstić information content (AvgIpc) is 2.86. The maximum Gasteiger partial charge on any atom is 0.257 e. The van der Waals surface area contributed by atoms with Crippen LogP contribution in [0.15, 0.2) is 12.4 Å². The highest BCUT2D eigenvalue weighted by molar-refractivity contribution is 5.94. The van der Waals surface area contributed by atoms with E-state index in [9.17, 15) is 9.59 Å². The van der Waals surface area contributed by atoms with Crippen molar-refractivity contribution in [1.29, 1.82) is 0 Å². The number of morpholine rings is 1. The van der Waals surface area contributed by atoms with Crippen LogP contribution in [0.25, 0.3) is 0 Å². The lowest BCUT2D eigenvalue weighted by atomic mass is 10.0. The number of aromatic nitrogens is 2. The summed E-state index contributed by atoms with van der Waals surface area (Å²) < 4.78 is 7.06. The second kappa shape index (κ2) is 5.00. The highest BCUT2D eigenvalue weighted by Crippen LogP contribution is 2.19. The zero-order chi connectivity index (χ0) is 14.0. The third kappa shape index (κ3) is 2.60. The summed E-state index contributed by atoms with van der Waals surface area (Å²) in [5.74, 6) is -0.718. The van der Waals surface area contributed by atoms with Gasteiger partial charge in [-0.05, 0) is 13.8 Å². The Kier molecular flexibility index (Phi) is 3.57. The Morgan fingerprint density at radius 2 is 2.32 bits per heavy atom. The van der Waals surface area contributed by atoms with Crippen molar-refractivity contribution >= 4 is 11.8 Å². The summed E-state index contributed by atoms with van der Waals surface area (Å²) in [5, 5.41) is 4.07. The first-order valence-electron chi connectivity index (χ1n) is 6.22. The molecule has 2 heterocycles. The van der Waals surface area contributed by atoms with Gasteiger partial charge in [-0.3, -0.25) is 14.3 Å².